The van der Waals surface area contributed by atoms with E-state index in [1.807, 2.05) is 60.7 Å². The molecule has 0 unspecified atom stereocenters. The highest BCUT2D eigenvalue weighted by Crippen LogP contribution is 2.34. The zero-order valence-corrected chi connectivity index (χ0v) is 18.1. The molecule has 0 saturated carbocycles. The summed E-state index contributed by atoms with van der Waals surface area (Å²) in [5, 5.41) is 15.1. The van der Waals surface area contributed by atoms with Crippen molar-refractivity contribution in [3.05, 3.63) is 100 Å². The molecule has 1 heterocycles. The van der Waals surface area contributed by atoms with Crippen LogP contribution in [0.3, 0.4) is 0 Å². The van der Waals surface area contributed by atoms with Gasteiger partial charge in [0.2, 0.25) is 10.0 Å². The Morgan fingerprint density at radius 3 is 2.00 bits per heavy atom. The number of hydrogen-bond donors (Lipinski definition) is 1. The number of morpholine rings is 1. The average molecular weight is 454 g/mol. The topological polar surface area (TPSA) is 102 Å². The number of nitrogens with zero attached hydrogens (tertiary/aromatic N) is 2. The summed E-state index contributed by atoms with van der Waals surface area (Å²) >= 11 is 0. The Kier molecular flexibility index (Phi) is 6.50. The number of anilines is 1. The van der Waals surface area contributed by atoms with Crippen LogP contribution >= 0.6 is 0 Å². The molecule has 0 amide bonds. The highest BCUT2D eigenvalue weighted by molar-refractivity contribution is 7.89. The van der Waals surface area contributed by atoms with E-state index in [1.165, 1.54) is 16.4 Å². The van der Waals surface area contributed by atoms with E-state index in [-0.39, 0.29) is 35.4 Å². The number of rotatable bonds is 7. The average Bonchev–Trinajstić information content (AvgIpc) is 2.84. The van der Waals surface area contributed by atoms with Gasteiger partial charge < -0.3 is 10.1 Å². The molecule has 0 aromatic heterocycles. The van der Waals surface area contributed by atoms with E-state index in [9.17, 15) is 18.5 Å². The van der Waals surface area contributed by atoms with Crippen LogP contribution in [0.4, 0.5) is 11.4 Å². The summed E-state index contributed by atoms with van der Waals surface area (Å²) < 4.78 is 32.4. The fourth-order valence-electron chi connectivity index (χ4n) is 3.69. The van der Waals surface area contributed by atoms with Crippen molar-refractivity contribution in [2.45, 2.75) is 10.9 Å². The van der Waals surface area contributed by atoms with Gasteiger partial charge in [0.25, 0.3) is 5.69 Å². The van der Waals surface area contributed by atoms with Gasteiger partial charge in [-0.15, -0.1) is 0 Å². The monoisotopic (exact) mass is 453 g/mol. The van der Waals surface area contributed by atoms with Crippen LogP contribution in [0, 0.1) is 10.1 Å². The standard InChI is InChI=1S/C23H23N3O5S/c27-26(28)22-17-20(32(29,30)25-13-15-31-16-14-25)11-12-21(22)24-23(18-7-3-1-4-8-18)19-9-5-2-6-10-19/h1-12,17,23-24H,13-16H2. The molecule has 0 spiro atoms. The smallest absolute Gasteiger partial charge is 0.293 e. The molecule has 0 atom stereocenters. The molecule has 1 N–H and O–H groups in total. The Bertz CT molecular complexity index is 1140. The molecule has 166 valence electrons. The fraction of sp³-hybridized carbons (Fsp3) is 0.217. The van der Waals surface area contributed by atoms with Gasteiger partial charge in [0.15, 0.2) is 0 Å². The van der Waals surface area contributed by atoms with Crippen LogP contribution in [0.2, 0.25) is 0 Å². The predicted octanol–water partition coefficient (Wildman–Crippen LogP) is 3.82. The summed E-state index contributed by atoms with van der Waals surface area (Å²) in [5.74, 6) is 0. The lowest BCUT2D eigenvalue weighted by Gasteiger charge is -2.26. The first-order valence-corrected chi connectivity index (χ1v) is 11.6. The highest BCUT2D eigenvalue weighted by atomic mass is 32.2. The Balaban J connectivity index is 1.72. The maximum atomic E-state index is 13.0. The SMILES string of the molecule is O=[N+]([O-])c1cc(S(=O)(=O)N2CCOCC2)ccc1NC(c1ccccc1)c1ccccc1. The van der Waals surface area contributed by atoms with Crippen LogP contribution in [0.25, 0.3) is 0 Å². The van der Waals surface area contributed by atoms with Crippen molar-refractivity contribution in [3.8, 4) is 0 Å². The first-order chi connectivity index (χ1) is 15.5. The van der Waals surface area contributed by atoms with Crippen LogP contribution in [0.5, 0.6) is 0 Å². The quantitative estimate of drug-likeness (QED) is 0.431. The molecule has 1 fully saturated rings. The van der Waals surface area contributed by atoms with E-state index in [2.05, 4.69) is 5.32 Å². The molecule has 4 rings (SSSR count). The van der Waals surface area contributed by atoms with Gasteiger partial charge in [0.05, 0.1) is 29.1 Å². The Morgan fingerprint density at radius 1 is 0.906 bits per heavy atom. The van der Waals surface area contributed by atoms with E-state index in [0.29, 0.717) is 13.2 Å². The van der Waals surface area contributed by atoms with Crippen molar-refractivity contribution < 1.29 is 18.1 Å². The molecule has 9 heteroatoms. The number of hydrogen-bond acceptors (Lipinski definition) is 6. The number of nitro benzene ring substituents is 1. The van der Waals surface area contributed by atoms with Crippen LogP contribution in [-0.2, 0) is 14.8 Å². The second-order valence-corrected chi connectivity index (χ2v) is 9.29. The maximum Gasteiger partial charge on any atom is 0.293 e. The molecule has 0 aliphatic carbocycles. The van der Waals surface area contributed by atoms with Gasteiger partial charge in [-0.2, -0.15) is 4.31 Å². The Labute approximate surface area is 186 Å². The lowest BCUT2D eigenvalue weighted by Crippen LogP contribution is -2.40. The minimum atomic E-state index is -3.85. The second kappa shape index (κ2) is 9.47. The fourth-order valence-corrected chi connectivity index (χ4v) is 5.12. The van der Waals surface area contributed by atoms with Crippen molar-refractivity contribution in [3.63, 3.8) is 0 Å². The summed E-state index contributed by atoms with van der Waals surface area (Å²) in [4.78, 5) is 11.2. The molecule has 0 radical (unpaired) electrons. The minimum Gasteiger partial charge on any atom is -0.379 e. The van der Waals surface area contributed by atoms with Gasteiger partial charge in [-0.3, -0.25) is 10.1 Å². The van der Waals surface area contributed by atoms with Crippen molar-refractivity contribution in [1.29, 1.82) is 0 Å². The van der Waals surface area contributed by atoms with Crippen molar-refractivity contribution in [2.24, 2.45) is 0 Å². The van der Waals surface area contributed by atoms with Crippen LogP contribution in [0.15, 0.2) is 83.8 Å². The third-order valence-corrected chi connectivity index (χ3v) is 7.23. The van der Waals surface area contributed by atoms with Crippen LogP contribution < -0.4 is 5.32 Å². The van der Waals surface area contributed by atoms with Crippen molar-refractivity contribution >= 4 is 21.4 Å². The molecule has 8 nitrogen and oxygen atoms in total. The lowest BCUT2D eigenvalue weighted by molar-refractivity contribution is -0.384. The summed E-state index contributed by atoms with van der Waals surface area (Å²) in [7, 11) is -3.85. The number of nitro groups is 1. The molecule has 1 saturated heterocycles. The van der Waals surface area contributed by atoms with Gasteiger partial charge in [-0.1, -0.05) is 60.7 Å². The van der Waals surface area contributed by atoms with E-state index in [1.54, 1.807) is 0 Å². The summed E-state index contributed by atoms with van der Waals surface area (Å²) in [6.45, 7) is 1.05. The van der Waals surface area contributed by atoms with E-state index in [4.69, 9.17) is 4.74 Å². The zero-order chi connectivity index (χ0) is 22.6. The van der Waals surface area contributed by atoms with Gasteiger partial charge in [0, 0.05) is 19.2 Å². The second-order valence-electron chi connectivity index (χ2n) is 7.35. The summed E-state index contributed by atoms with van der Waals surface area (Å²) in [6.07, 6.45) is 0. The molecule has 3 aromatic carbocycles. The third kappa shape index (κ3) is 4.64. The predicted molar refractivity (Wildman–Crippen MR) is 121 cm³/mol. The molecule has 32 heavy (non-hydrogen) atoms. The van der Waals surface area contributed by atoms with Crippen LogP contribution in [0.1, 0.15) is 17.2 Å². The van der Waals surface area contributed by atoms with Gasteiger partial charge in [-0.25, -0.2) is 8.42 Å². The first-order valence-electron chi connectivity index (χ1n) is 10.2. The number of nitrogens with one attached hydrogen (secondary N) is 1. The van der Waals surface area contributed by atoms with Gasteiger partial charge in [0.1, 0.15) is 5.69 Å². The van der Waals surface area contributed by atoms with Gasteiger partial charge in [-0.05, 0) is 23.3 Å². The van der Waals surface area contributed by atoms with Crippen molar-refractivity contribution in [2.75, 3.05) is 31.6 Å². The van der Waals surface area contributed by atoms with Crippen molar-refractivity contribution in [1.82, 2.24) is 4.31 Å². The summed E-state index contributed by atoms with van der Waals surface area (Å²) in [6, 6.07) is 22.8. The number of benzene rings is 3. The summed E-state index contributed by atoms with van der Waals surface area (Å²) in [5.41, 5.74) is 1.81. The van der Waals surface area contributed by atoms with Crippen LogP contribution in [-0.4, -0.2) is 43.9 Å². The van der Waals surface area contributed by atoms with E-state index < -0.39 is 14.9 Å². The lowest BCUT2D eigenvalue weighted by atomic mass is 9.98. The number of sulfonamides is 1. The maximum absolute atomic E-state index is 13.0. The molecular weight excluding hydrogens is 430 g/mol. The minimum absolute atomic E-state index is 0.104. The Morgan fingerprint density at radius 2 is 1.47 bits per heavy atom. The number of ether oxygens (including phenoxy) is 1. The zero-order valence-electron chi connectivity index (χ0n) is 17.3. The molecule has 3 aromatic rings. The molecular formula is C23H23N3O5S. The third-order valence-electron chi connectivity index (χ3n) is 5.34. The largest absolute Gasteiger partial charge is 0.379 e. The van der Waals surface area contributed by atoms with E-state index >= 15 is 0 Å². The highest BCUT2D eigenvalue weighted by Gasteiger charge is 2.29. The molecule has 1 aliphatic heterocycles. The van der Waals surface area contributed by atoms with Gasteiger partial charge >= 0.3 is 0 Å². The first kappa shape index (κ1) is 21.9. The Hall–Kier alpha value is -3.27. The molecule has 0 bridgehead atoms. The molecule has 1 aliphatic rings. The normalized spacial score (nSPS) is 14.9. The van der Waals surface area contributed by atoms with E-state index in [0.717, 1.165) is 17.2 Å².